The molecule has 4 heteroatoms. The Hall–Kier alpha value is -4.12. The zero-order valence-corrected chi connectivity index (χ0v) is 32.7. The van der Waals surface area contributed by atoms with Gasteiger partial charge in [-0.1, -0.05) is 115 Å². The number of benzene rings is 3. The molecule has 0 aliphatic heterocycles. The van der Waals surface area contributed by atoms with Crippen LogP contribution in [0, 0.1) is 11.8 Å². The first-order valence-corrected chi connectivity index (χ1v) is 21.4. The number of aromatic nitrogens is 2. The van der Waals surface area contributed by atoms with E-state index in [4.69, 9.17) is 0 Å². The highest BCUT2D eigenvalue weighted by atomic mass is 32.1. The summed E-state index contributed by atoms with van der Waals surface area (Å²) in [7, 11) is 0. The summed E-state index contributed by atoms with van der Waals surface area (Å²) in [5.41, 5.74) is 5.71. The van der Waals surface area contributed by atoms with Gasteiger partial charge < -0.3 is 0 Å². The molecule has 2 nitrogen and oxygen atoms in total. The van der Waals surface area contributed by atoms with Gasteiger partial charge in [0.1, 0.15) is 0 Å². The van der Waals surface area contributed by atoms with Gasteiger partial charge in [-0.2, -0.15) is 0 Å². The molecule has 5 aromatic carbocycles. The SMILES string of the molecule is CCCCC(CC)Cc1c(-c2ccncc2)sc2c1c1cccc3c1c2c1cccc2c4c(CC(CC)CCCC)c(-c5ccncc5)sc4c3c21. The molecule has 0 radical (unpaired) electrons. The van der Waals surface area contributed by atoms with E-state index in [9.17, 15) is 0 Å². The van der Waals surface area contributed by atoms with Crippen molar-refractivity contribution >= 4 is 85.9 Å². The number of thiophene rings is 2. The number of rotatable bonds is 14. The molecule has 52 heavy (non-hydrogen) atoms. The molecule has 0 aliphatic carbocycles. The summed E-state index contributed by atoms with van der Waals surface area (Å²) in [6.07, 6.45) is 20.2. The van der Waals surface area contributed by atoms with Crippen LogP contribution in [0.4, 0.5) is 0 Å². The van der Waals surface area contributed by atoms with Crippen LogP contribution in [-0.4, -0.2) is 9.97 Å². The highest BCUT2D eigenvalue weighted by molar-refractivity contribution is 7.24. The number of hydrogen-bond donors (Lipinski definition) is 0. The maximum atomic E-state index is 4.40. The Morgan fingerprint density at radius 3 is 1.23 bits per heavy atom. The van der Waals surface area contributed by atoms with Crippen molar-refractivity contribution in [2.45, 2.75) is 91.9 Å². The van der Waals surface area contributed by atoms with Crippen LogP contribution in [-0.2, 0) is 12.8 Å². The normalized spacial score (nSPS) is 13.6. The molecule has 262 valence electrons. The molecule has 0 spiro atoms. The van der Waals surface area contributed by atoms with E-state index in [2.05, 4.69) is 98.3 Å². The topological polar surface area (TPSA) is 25.8 Å². The van der Waals surface area contributed by atoms with E-state index in [1.165, 1.54) is 136 Å². The lowest BCUT2D eigenvalue weighted by atomic mass is 9.89. The van der Waals surface area contributed by atoms with Gasteiger partial charge in [0.15, 0.2) is 0 Å². The van der Waals surface area contributed by atoms with Crippen molar-refractivity contribution in [1.82, 2.24) is 9.97 Å². The maximum Gasteiger partial charge on any atom is 0.0443 e. The zero-order chi connectivity index (χ0) is 35.3. The van der Waals surface area contributed by atoms with Gasteiger partial charge in [-0.15, -0.1) is 22.7 Å². The molecule has 0 fully saturated rings. The smallest absolute Gasteiger partial charge is 0.0443 e. The molecule has 0 saturated heterocycles. The first-order valence-electron chi connectivity index (χ1n) is 19.8. The van der Waals surface area contributed by atoms with Crippen LogP contribution in [0.25, 0.3) is 84.1 Å². The summed E-state index contributed by atoms with van der Waals surface area (Å²) in [5.74, 6) is 1.37. The Bertz CT molecular complexity index is 2450. The zero-order valence-electron chi connectivity index (χ0n) is 31.0. The lowest BCUT2D eigenvalue weighted by molar-refractivity contribution is 0.451. The lowest BCUT2D eigenvalue weighted by Gasteiger charge is -2.16. The molecule has 4 heterocycles. The van der Waals surface area contributed by atoms with Gasteiger partial charge >= 0.3 is 0 Å². The lowest BCUT2D eigenvalue weighted by Crippen LogP contribution is -2.04. The number of hydrogen-bond acceptors (Lipinski definition) is 4. The third-order valence-corrected chi connectivity index (χ3v) is 14.7. The molecule has 2 unspecified atom stereocenters. The Balaban J connectivity index is 1.38. The van der Waals surface area contributed by atoms with Crippen LogP contribution in [0.3, 0.4) is 0 Å². The van der Waals surface area contributed by atoms with E-state index in [0.29, 0.717) is 11.8 Å². The second-order valence-corrected chi connectivity index (χ2v) is 17.2. The molecular weight excluding hydrogens is 669 g/mol. The van der Waals surface area contributed by atoms with Crippen molar-refractivity contribution in [3.05, 3.63) is 96.6 Å². The van der Waals surface area contributed by atoms with Crippen LogP contribution >= 0.6 is 22.7 Å². The van der Waals surface area contributed by atoms with Crippen molar-refractivity contribution in [2.24, 2.45) is 11.8 Å². The van der Waals surface area contributed by atoms with Crippen molar-refractivity contribution in [1.29, 1.82) is 0 Å². The van der Waals surface area contributed by atoms with Crippen LogP contribution in [0.1, 0.15) is 90.2 Å². The van der Waals surface area contributed by atoms with E-state index in [-0.39, 0.29) is 0 Å². The summed E-state index contributed by atoms with van der Waals surface area (Å²) in [4.78, 5) is 11.7. The number of pyridine rings is 2. The molecular formula is C48H48N2S2. The minimum absolute atomic E-state index is 0.683. The van der Waals surface area contributed by atoms with E-state index in [1.54, 1.807) is 11.1 Å². The predicted octanol–water partition coefficient (Wildman–Crippen LogP) is 15.2. The minimum Gasteiger partial charge on any atom is -0.265 e. The summed E-state index contributed by atoms with van der Waals surface area (Å²) in [6.45, 7) is 9.43. The van der Waals surface area contributed by atoms with E-state index in [1.807, 2.05) is 47.5 Å². The second-order valence-electron chi connectivity index (χ2n) is 15.1. The fourth-order valence-electron chi connectivity index (χ4n) is 9.40. The molecule has 2 atom stereocenters. The molecule has 0 bridgehead atoms. The quantitative estimate of drug-likeness (QED) is 0.105. The van der Waals surface area contributed by atoms with Crippen LogP contribution in [0.15, 0.2) is 85.5 Å². The largest absolute Gasteiger partial charge is 0.265 e. The van der Waals surface area contributed by atoms with Gasteiger partial charge in [-0.05, 0) is 104 Å². The molecule has 0 saturated carbocycles. The first kappa shape index (κ1) is 33.7. The number of unbranched alkanes of at least 4 members (excludes halogenated alkanes) is 2. The molecule has 0 aliphatic rings. The Morgan fingerprint density at radius 1 is 0.481 bits per heavy atom. The highest BCUT2D eigenvalue weighted by Crippen LogP contribution is 2.57. The Kier molecular flexibility index (Phi) is 9.09. The van der Waals surface area contributed by atoms with Crippen molar-refractivity contribution in [3.63, 3.8) is 0 Å². The molecule has 9 rings (SSSR count). The van der Waals surface area contributed by atoms with E-state index >= 15 is 0 Å². The summed E-state index contributed by atoms with van der Waals surface area (Å²) < 4.78 is 2.95. The average molecular weight is 717 g/mol. The third-order valence-electron chi connectivity index (χ3n) is 12.1. The van der Waals surface area contributed by atoms with Gasteiger partial charge in [-0.25, -0.2) is 0 Å². The number of fused-ring (bicyclic) bond motifs is 8. The monoisotopic (exact) mass is 716 g/mol. The van der Waals surface area contributed by atoms with Gasteiger partial charge in [-0.3, -0.25) is 9.97 Å². The number of nitrogens with zero attached hydrogens (tertiary/aromatic N) is 2. The third kappa shape index (κ3) is 5.31. The maximum absolute atomic E-state index is 4.40. The average Bonchev–Trinajstić information content (AvgIpc) is 3.93. The summed E-state index contributed by atoms with van der Waals surface area (Å²) >= 11 is 4.06. The summed E-state index contributed by atoms with van der Waals surface area (Å²) in [5, 5.41) is 14.6. The Morgan fingerprint density at radius 2 is 0.865 bits per heavy atom. The van der Waals surface area contributed by atoms with Crippen LogP contribution in [0.5, 0.6) is 0 Å². The fraction of sp³-hybridized carbons (Fsp3) is 0.333. The molecule has 0 N–H and O–H groups in total. The van der Waals surface area contributed by atoms with Crippen molar-refractivity contribution in [3.8, 4) is 20.9 Å². The van der Waals surface area contributed by atoms with Gasteiger partial charge in [0, 0.05) is 65.5 Å². The fourth-order valence-corrected chi connectivity index (χ4v) is 12.2. The van der Waals surface area contributed by atoms with Crippen molar-refractivity contribution in [2.75, 3.05) is 0 Å². The predicted molar refractivity (Wildman–Crippen MR) is 230 cm³/mol. The standard InChI is InChI=1S/C48H48N2S2/c1-5-9-13-29(7-3)27-37-41-33-15-11-17-35-39(33)43(47(41)51-45(37)31-19-23-49-24-20-31)36-18-12-16-34-40(36)44(35)48-42(34)38(28-30(8-4)14-10-6-2)46(52-48)32-21-25-50-26-22-32/h11-12,15-26,29-30H,5-10,13-14,27-28H2,1-4H3. The minimum atomic E-state index is 0.683. The summed E-state index contributed by atoms with van der Waals surface area (Å²) in [6, 6.07) is 23.3. The molecule has 9 aromatic rings. The van der Waals surface area contributed by atoms with Crippen molar-refractivity contribution < 1.29 is 0 Å². The molecule has 4 aromatic heterocycles. The van der Waals surface area contributed by atoms with Crippen LogP contribution < -0.4 is 0 Å². The molecule has 0 amide bonds. The highest BCUT2D eigenvalue weighted by Gasteiger charge is 2.29. The van der Waals surface area contributed by atoms with E-state index < -0.39 is 0 Å². The van der Waals surface area contributed by atoms with E-state index in [0.717, 1.165) is 12.8 Å². The van der Waals surface area contributed by atoms with Crippen LogP contribution in [0.2, 0.25) is 0 Å². The second kappa shape index (κ2) is 14.0. The van der Waals surface area contributed by atoms with Gasteiger partial charge in [0.05, 0.1) is 0 Å². The van der Waals surface area contributed by atoms with Gasteiger partial charge in [0.2, 0.25) is 0 Å². The van der Waals surface area contributed by atoms with Gasteiger partial charge in [0.25, 0.3) is 0 Å². The first-order chi connectivity index (χ1) is 25.7. The Labute approximate surface area is 315 Å².